The van der Waals surface area contributed by atoms with Gasteiger partial charge in [-0.15, -0.1) is 0 Å². The smallest absolute Gasteiger partial charge is 0.107 e. The first-order valence-electron chi connectivity index (χ1n) is 6.99. The molecule has 0 amide bonds. The number of rotatable bonds is 10. The highest BCUT2D eigenvalue weighted by Gasteiger charge is 2.04. The summed E-state index contributed by atoms with van der Waals surface area (Å²) in [6.07, 6.45) is 14.9. The lowest BCUT2D eigenvalue weighted by Crippen LogP contribution is -1.97. The first kappa shape index (κ1) is 15.4. The Labute approximate surface area is 102 Å². The first-order chi connectivity index (χ1) is 7.85. The lowest BCUT2D eigenvalue weighted by Gasteiger charge is -2.09. The van der Waals surface area contributed by atoms with E-state index < -0.39 is 0 Å². The summed E-state index contributed by atoms with van der Waals surface area (Å²) in [7, 11) is 0. The van der Waals surface area contributed by atoms with Crippen molar-refractivity contribution in [2.45, 2.75) is 78.1 Å². The van der Waals surface area contributed by atoms with Crippen LogP contribution in [0.15, 0.2) is 0 Å². The van der Waals surface area contributed by atoms with Crippen molar-refractivity contribution in [3.8, 4) is 12.0 Å². The maximum atomic E-state index is 8.65. The van der Waals surface area contributed by atoms with Crippen LogP contribution in [0.5, 0.6) is 0 Å². The predicted octanol–water partition coefficient (Wildman–Crippen LogP) is 4.88. The van der Waals surface area contributed by atoms with Crippen LogP contribution in [0.4, 0.5) is 0 Å². The van der Waals surface area contributed by atoms with Crippen LogP contribution in [-0.2, 0) is 0 Å². The molecule has 0 radical (unpaired) electrons. The van der Waals surface area contributed by atoms with Gasteiger partial charge in [0.25, 0.3) is 0 Å². The summed E-state index contributed by atoms with van der Waals surface area (Å²) in [5.41, 5.74) is 0. The Morgan fingerprint density at radius 3 is 2.00 bits per heavy atom. The zero-order chi connectivity index (χ0) is 12.1. The fourth-order valence-electron chi connectivity index (χ4n) is 2.00. The third-order valence-electron chi connectivity index (χ3n) is 3.08. The Kier molecular flexibility index (Phi) is 11.9. The number of aliphatic hydroxyl groups is 1. The minimum absolute atomic E-state index is 0.427. The number of unbranched alkanes of at least 4 members (excludes halogenated alkanes) is 6. The van der Waals surface area contributed by atoms with E-state index >= 15 is 0 Å². The van der Waals surface area contributed by atoms with Crippen LogP contribution < -0.4 is 0 Å². The topological polar surface area (TPSA) is 20.2 Å². The summed E-state index contributed by atoms with van der Waals surface area (Å²) < 4.78 is 0. The monoisotopic (exact) mass is 224 g/mol. The van der Waals surface area contributed by atoms with E-state index in [1.165, 1.54) is 57.8 Å². The van der Waals surface area contributed by atoms with Gasteiger partial charge in [0.15, 0.2) is 0 Å². The molecule has 1 nitrogen and oxygen atoms in total. The van der Waals surface area contributed by atoms with Crippen LogP contribution in [0, 0.1) is 17.9 Å². The van der Waals surface area contributed by atoms with Crippen molar-refractivity contribution < 1.29 is 5.11 Å². The van der Waals surface area contributed by atoms with Crippen LogP contribution >= 0.6 is 0 Å². The van der Waals surface area contributed by atoms with Gasteiger partial charge in [-0.1, -0.05) is 71.1 Å². The average Bonchev–Trinajstić information content (AvgIpc) is 2.30. The third kappa shape index (κ3) is 9.90. The van der Waals surface area contributed by atoms with Crippen molar-refractivity contribution in [2.24, 2.45) is 5.92 Å². The Bertz CT molecular complexity index is 187. The summed E-state index contributed by atoms with van der Waals surface area (Å²) in [6, 6.07) is 0. The Morgan fingerprint density at radius 2 is 1.38 bits per heavy atom. The second-order valence-electron chi connectivity index (χ2n) is 4.65. The molecule has 1 heteroatoms. The molecule has 0 aromatic heterocycles. The summed E-state index contributed by atoms with van der Waals surface area (Å²) in [4.78, 5) is 0. The van der Waals surface area contributed by atoms with Crippen molar-refractivity contribution in [1.82, 2.24) is 0 Å². The van der Waals surface area contributed by atoms with E-state index in [2.05, 4.69) is 25.9 Å². The van der Waals surface area contributed by atoms with Gasteiger partial charge < -0.3 is 5.11 Å². The normalized spacial score (nSPS) is 11.9. The molecule has 0 saturated heterocycles. The molecule has 0 aliphatic carbocycles. The van der Waals surface area contributed by atoms with Crippen LogP contribution in [0.1, 0.15) is 78.1 Å². The molecule has 1 N–H and O–H groups in total. The highest BCUT2D eigenvalue weighted by Crippen LogP contribution is 2.16. The van der Waals surface area contributed by atoms with E-state index in [-0.39, 0.29) is 0 Å². The summed E-state index contributed by atoms with van der Waals surface area (Å²) in [5.74, 6) is 3.35. The molecule has 94 valence electrons. The molecule has 0 bridgehead atoms. The maximum absolute atomic E-state index is 8.65. The largest absolute Gasteiger partial charge is 0.462 e. The second kappa shape index (κ2) is 12.4. The molecule has 0 aliphatic rings. The van der Waals surface area contributed by atoms with E-state index in [4.69, 9.17) is 5.11 Å². The molecule has 16 heavy (non-hydrogen) atoms. The molecule has 1 atom stereocenters. The number of aliphatic hydroxyl groups excluding tert-OH is 1. The van der Waals surface area contributed by atoms with E-state index in [9.17, 15) is 0 Å². The van der Waals surface area contributed by atoms with Gasteiger partial charge in [0.2, 0.25) is 0 Å². The Morgan fingerprint density at radius 1 is 0.812 bits per heavy atom. The Balaban J connectivity index is 3.47. The fourth-order valence-corrected chi connectivity index (χ4v) is 2.00. The van der Waals surface area contributed by atoms with Crippen molar-refractivity contribution >= 4 is 0 Å². The van der Waals surface area contributed by atoms with E-state index in [0.717, 1.165) is 6.42 Å². The van der Waals surface area contributed by atoms with E-state index in [0.29, 0.717) is 5.92 Å². The summed E-state index contributed by atoms with van der Waals surface area (Å²) in [6.45, 7) is 4.45. The molecule has 0 heterocycles. The minimum Gasteiger partial charge on any atom is -0.462 e. The zero-order valence-electron chi connectivity index (χ0n) is 11.1. The lowest BCUT2D eigenvalue weighted by molar-refractivity contribution is 0.477. The minimum atomic E-state index is 0.427. The highest BCUT2D eigenvalue weighted by atomic mass is 16.2. The number of hydrogen-bond donors (Lipinski definition) is 1. The highest BCUT2D eigenvalue weighted by molar-refractivity contribution is 4.96. The predicted molar refractivity (Wildman–Crippen MR) is 70.7 cm³/mol. The van der Waals surface area contributed by atoms with Gasteiger partial charge in [0, 0.05) is 5.92 Å². The summed E-state index contributed by atoms with van der Waals surface area (Å²) >= 11 is 0. The molecule has 0 fully saturated rings. The molecular formula is C15H28O. The van der Waals surface area contributed by atoms with Gasteiger partial charge in [-0.2, -0.15) is 0 Å². The molecule has 0 spiro atoms. The van der Waals surface area contributed by atoms with Gasteiger partial charge in [-0.05, 0) is 12.8 Å². The lowest BCUT2D eigenvalue weighted by atomic mass is 9.96. The van der Waals surface area contributed by atoms with Crippen LogP contribution in [0.3, 0.4) is 0 Å². The first-order valence-corrected chi connectivity index (χ1v) is 6.99. The van der Waals surface area contributed by atoms with E-state index in [1.54, 1.807) is 0 Å². The quantitative estimate of drug-likeness (QED) is 0.414. The third-order valence-corrected chi connectivity index (χ3v) is 3.08. The van der Waals surface area contributed by atoms with Crippen LogP contribution in [0.25, 0.3) is 0 Å². The fraction of sp³-hybridized carbons (Fsp3) is 0.867. The van der Waals surface area contributed by atoms with Crippen LogP contribution in [0.2, 0.25) is 0 Å². The van der Waals surface area contributed by atoms with Crippen molar-refractivity contribution in [3.05, 3.63) is 0 Å². The van der Waals surface area contributed by atoms with Crippen molar-refractivity contribution in [3.63, 3.8) is 0 Å². The van der Waals surface area contributed by atoms with Crippen molar-refractivity contribution in [2.75, 3.05) is 0 Å². The molecule has 0 rings (SSSR count). The molecule has 1 unspecified atom stereocenters. The van der Waals surface area contributed by atoms with Gasteiger partial charge in [-0.25, -0.2) is 0 Å². The summed E-state index contributed by atoms with van der Waals surface area (Å²) in [5, 5.41) is 8.65. The molecule has 0 saturated carbocycles. The van der Waals surface area contributed by atoms with Gasteiger partial charge >= 0.3 is 0 Å². The van der Waals surface area contributed by atoms with Crippen molar-refractivity contribution in [1.29, 1.82) is 0 Å². The van der Waals surface area contributed by atoms with Gasteiger partial charge in [-0.3, -0.25) is 0 Å². The maximum Gasteiger partial charge on any atom is 0.107 e. The Hall–Kier alpha value is -0.640. The molecule has 0 aromatic rings. The average molecular weight is 224 g/mol. The van der Waals surface area contributed by atoms with E-state index in [1.807, 2.05) is 0 Å². The molecule has 0 aliphatic heterocycles. The zero-order valence-corrected chi connectivity index (χ0v) is 11.1. The standard InChI is InChI=1S/C15H28O/c1-3-5-7-8-9-10-12-15(13-14-16)11-6-4-2/h15-16H,3-12H2,1-2H3. The van der Waals surface area contributed by atoms with Gasteiger partial charge in [0.05, 0.1) is 0 Å². The van der Waals surface area contributed by atoms with Crippen LogP contribution in [-0.4, -0.2) is 5.11 Å². The van der Waals surface area contributed by atoms with Gasteiger partial charge in [0.1, 0.15) is 6.11 Å². The molecular weight excluding hydrogens is 196 g/mol. The molecule has 0 aromatic carbocycles. The SMILES string of the molecule is CCCCCCCCC(C#CO)CCCC. The second-order valence-corrected chi connectivity index (χ2v) is 4.65. The number of hydrogen-bond acceptors (Lipinski definition) is 1.